The van der Waals surface area contributed by atoms with Crippen molar-refractivity contribution < 1.29 is 14.6 Å². The topological polar surface area (TPSA) is 77.1 Å². The molecule has 1 aromatic rings. The molecule has 0 aromatic carbocycles. The van der Waals surface area contributed by atoms with E-state index in [1.54, 1.807) is 13.0 Å². The van der Waals surface area contributed by atoms with Crippen molar-refractivity contribution in [2.24, 2.45) is 0 Å². The van der Waals surface area contributed by atoms with E-state index in [1.807, 2.05) is 0 Å². The zero-order valence-electron chi connectivity index (χ0n) is 8.18. The Morgan fingerprint density at radius 3 is 2.80 bits per heavy atom. The van der Waals surface area contributed by atoms with Crippen LogP contribution in [-0.2, 0) is 0 Å². The number of aliphatic hydroxyl groups excluding tert-OH is 2. The number of pyridine rings is 1. The summed E-state index contributed by atoms with van der Waals surface area (Å²) in [6.45, 7) is 1.65. The fraction of sp³-hybridized carbons (Fsp3) is 0.400. The van der Waals surface area contributed by atoms with Crippen molar-refractivity contribution in [2.75, 3.05) is 0 Å². The number of rotatable bonds is 3. The van der Waals surface area contributed by atoms with Gasteiger partial charge in [-0.1, -0.05) is 0 Å². The number of nitrogens with zero attached hydrogens (tertiary/aromatic N) is 2. The number of halogens is 1. The molecule has 1 rings (SSSR count). The molecule has 0 spiro atoms. The Morgan fingerprint density at radius 1 is 1.53 bits per heavy atom. The molecule has 80 valence electrons. The van der Waals surface area contributed by atoms with E-state index in [4.69, 9.17) is 5.26 Å². The molecule has 1 heterocycles. The Bertz CT molecular complexity index is 389. The molecule has 0 amide bonds. The van der Waals surface area contributed by atoms with E-state index in [0.29, 0.717) is 5.69 Å². The Kier molecular flexibility index (Phi) is 3.72. The molecule has 0 saturated carbocycles. The second kappa shape index (κ2) is 4.82. The third-order valence-electron chi connectivity index (χ3n) is 1.96. The zero-order chi connectivity index (χ0) is 11.4. The number of hydrogen-bond acceptors (Lipinski definition) is 4. The lowest BCUT2D eigenvalue weighted by molar-refractivity contribution is 0.0166. The minimum absolute atomic E-state index is 0.224. The molecular formula is C10H11FN2O2. The van der Waals surface area contributed by atoms with Gasteiger partial charge in [0.25, 0.3) is 0 Å². The van der Waals surface area contributed by atoms with Crippen LogP contribution in [0.2, 0.25) is 0 Å². The summed E-state index contributed by atoms with van der Waals surface area (Å²) in [6, 6.07) is 4.32. The van der Waals surface area contributed by atoms with Crippen molar-refractivity contribution in [3.05, 3.63) is 29.3 Å². The fourth-order valence-corrected chi connectivity index (χ4v) is 1.15. The summed E-state index contributed by atoms with van der Waals surface area (Å²) in [5.74, 6) is -0.690. The number of hydrogen-bond donors (Lipinski definition) is 2. The molecule has 0 fully saturated rings. The van der Waals surface area contributed by atoms with Crippen LogP contribution in [0.25, 0.3) is 0 Å². The van der Waals surface area contributed by atoms with Crippen LogP contribution in [0.3, 0.4) is 0 Å². The van der Waals surface area contributed by atoms with Gasteiger partial charge in [-0.2, -0.15) is 5.26 Å². The number of aliphatic hydroxyl groups is 2. The molecule has 4 nitrogen and oxygen atoms in total. The molecule has 1 aromatic heterocycles. The van der Waals surface area contributed by atoms with Gasteiger partial charge in [-0.15, -0.1) is 0 Å². The summed E-state index contributed by atoms with van der Waals surface area (Å²) in [6.07, 6.45) is -3.06. The van der Waals surface area contributed by atoms with Gasteiger partial charge < -0.3 is 10.2 Å². The van der Waals surface area contributed by atoms with Gasteiger partial charge in [0, 0.05) is 5.69 Å². The maximum atomic E-state index is 13.2. The fourth-order valence-electron chi connectivity index (χ4n) is 1.15. The number of nitriles is 1. The van der Waals surface area contributed by atoms with E-state index in [2.05, 4.69) is 4.98 Å². The van der Waals surface area contributed by atoms with Crippen LogP contribution in [0.15, 0.2) is 12.1 Å². The van der Waals surface area contributed by atoms with Crippen LogP contribution < -0.4 is 0 Å². The third kappa shape index (κ3) is 2.72. The molecule has 2 N–H and O–H groups in total. The van der Waals surface area contributed by atoms with Gasteiger partial charge in [-0.25, -0.2) is 4.39 Å². The van der Waals surface area contributed by atoms with Crippen LogP contribution in [0.1, 0.15) is 23.9 Å². The van der Waals surface area contributed by atoms with Gasteiger partial charge in [0.2, 0.25) is 0 Å². The molecule has 15 heavy (non-hydrogen) atoms. The number of aromatic nitrogens is 1. The van der Waals surface area contributed by atoms with E-state index < -0.39 is 18.0 Å². The lowest BCUT2D eigenvalue weighted by Gasteiger charge is -2.15. The van der Waals surface area contributed by atoms with E-state index >= 15 is 0 Å². The summed E-state index contributed by atoms with van der Waals surface area (Å²) in [5, 5.41) is 27.2. The van der Waals surface area contributed by atoms with Crippen molar-refractivity contribution in [1.29, 1.82) is 5.26 Å². The van der Waals surface area contributed by atoms with Crippen LogP contribution in [0.5, 0.6) is 0 Å². The maximum absolute atomic E-state index is 13.2. The Labute approximate surface area is 86.6 Å². The molecule has 0 radical (unpaired) electrons. The van der Waals surface area contributed by atoms with Gasteiger partial charge in [-0.05, 0) is 19.1 Å². The molecule has 0 aliphatic rings. The Balaban J connectivity index is 2.95. The molecule has 2 atom stereocenters. The molecule has 0 saturated heterocycles. The van der Waals surface area contributed by atoms with E-state index in [9.17, 15) is 14.6 Å². The first-order valence-electron chi connectivity index (χ1n) is 4.42. The molecule has 2 unspecified atom stereocenters. The predicted molar refractivity (Wildman–Crippen MR) is 50.1 cm³/mol. The van der Waals surface area contributed by atoms with Gasteiger partial charge in [0.15, 0.2) is 0 Å². The Hall–Kier alpha value is -1.51. The average molecular weight is 210 g/mol. The number of aryl methyl sites for hydroxylation is 1. The van der Waals surface area contributed by atoms with Crippen LogP contribution in [0, 0.1) is 24.1 Å². The van der Waals surface area contributed by atoms with E-state index in [-0.39, 0.29) is 12.1 Å². The van der Waals surface area contributed by atoms with Crippen molar-refractivity contribution in [3.8, 4) is 6.07 Å². The van der Waals surface area contributed by atoms with Gasteiger partial charge >= 0.3 is 0 Å². The van der Waals surface area contributed by atoms with Gasteiger partial charge in [-0.3, -0.25) is 4.98 Å². The van der Waals surface area contributed by atoms with E-state index in [0.717, 1.165) is 0 Å². The molecular weight excluding hydrogens is 199 g/mol. The smallest absolute Gasteiger partial charge is 0.147 e. The van der Waals surface area contributed by atoms with Crippen molar-refractivity contribution in [3.63, 3.8) is 0 Å². The maximum Gasteiger partial charge on any atom is 0.147 e. The summed E-state index contributed by atoms with van der Waals surface area (Å²) in [4.78, 5) is 3.78. The molecule has 0 aliphatic heterocycles. The average Bonchev–Trinajstić information content (AvgIpc) is 2.21. The highest BCUT2D eigenvalue weighted by Crippen LogP contribution is 2.19. The minimum atomic E-state index is -1.47. The van der Waals surface area contributed by atoms with E-state index in [1.165, 1.54) is 12.1 Å². The quantitative estimate of drug-likeness (QED) is 0.774. The van der Waals surface area contributed by atoms with Crippen molar-refractivity contribution >= 4 is 0 Å². The highest BCUT2D eigenvalue weighted by Gasteiger charge is 2.22. The molecule has 5 heteroatoms. The van der Waals surface area contributed by atoms with Crippen LogP contribution in [0.4, 0.5) is 4.39 Å². The highest BCUT2D eigenvalue weighted by atomic mass is 19.1. The molecule has 0 bridgehead atoms. The summed E-state index contributed by atoms with van der Waals surface area (Å²) < 4.78 is 13.2. The summed E-state index contributed by atoms with van der Waals surface area (Å²) >= 11 is 0. The summed E-state index contributed by atoms with van der Waals surface area (Å²) in [5.41, 5.74) is 0.312. The second-order valence-corrected chi connectivity index (χ2v) is 3.19. The standard InChI is InChI=1S/C10H11FN2O2/c1-6-2-3-7(11)9(13-6)10(15)8(14)4-5-12/h2-3,8,10,14-15H,4H2,1H3. The van der Waals surface area contributed by atoms with Crippen molar-refractivity contribution in [2.45, 2.75) is 25.6 Å². The summed E-state index contributed by atoms with van der Waals surface area (Å²) in [7, 11) is 0. The second-order valence-electron chi connectivity index (χ2n) is 3.19. The minimum Gasteiger partial charge on any atom is -0.389 e. The first-order valence-corrected chi connectivity index (χ1v) is 4.42. The highest BCUT2D eigenvalue weighted by molar-refractivity contribution is 5.15. The SMILES string of the molecule is Cc1ccc(F)c(C(O)C(O)CC#N)n1. The lowest BCUT2D eigenvalue weighted by atomic mass is 10.1. The third-order valence-corrected chi connectivity index (χ3v) is 1.96. The van der Waals surface area contributed by atoms with Crippen LogP contribution >= 0.6 is 0 Å². The van der Waals surface area contributed by atoms with Gasteiger partial charge in [0.1, 0.15) is 17.6 Å². The van der Waals surface area contributed by atoms with Gasteiger partial charge in [0.05, 0.1) is 18.6 Å². The Morgan fingerprint density at radius 2 is 2.20 bits per heavy atom. The molecule has 0 aliphatic carbocycles. The van der Waals surface area contributed by atoms with Crippen molar-refractivity contribution in [1.82, 2.24) is 4.98 Å². The van der Waals surface area contributed by atoms with Crippen LogP contribution in [-0.4, -0.2) is 21.3 Å². The first-order chi connectivity index (χ1) is 7.06. The first kappa shape index (κ1) is 11.6. The zero-order valence-corrected chi connectivity index (χ0v) is 8.18. The lowest BCUT2D eigenvalue weighted by Crippen LogP contribution is -2.20. The normalized spacial score (nSPS) is 14.3. The largest absolute Gasteiger partial charge is 0.389 e. The predicted octanol–water partition coefficient (Wildman–Crippen LogP) is 0.837. The monoisotopic (exact) mass is 210 g/mol.